The van der Waals surface area contributed by atoms with Gasteiger partial charge in [-0.2, -0.15) is 0 Å². The quantitative estimate of drug-likeness (QED) is 0.767. The number of ketones is 1. The Morgan fingerprint density at radius 3 is 2.05 bits per heavy atom. The van der Waals surface area contributed by atoms with E-state index in [9.17, 15) is 9.59 Å². The molecule has 0 heterocycles. The Kier molecular flexibility index (Phi) is 5.55. The first-order valence-electron chi connectivity index (χ1n) is 6.56. The van der Waals surface area contributed by atoms with Crippen LogP contribution >= 0.6 is 0 Å². The van der Waals surface area contributed by atoms with Crippen molar-refractivity contribution in [2.75, 3.05) is 18.0 Å². The molecule has 0 bridgehead atoms. The van der Waals surface area contributed by atoms with Crippen molar-refractivity contribution in [3.63, 3.8) is 0 Å². The van der Waals surface area contributed by atoms with Gasteiger partial charge in [0, 0.05) is 18.8 Å². The van der Waals surface area contributed by atoms with Gasteiger partial charge in [-0.15, -0.1) is 0 Å². The average Bonchev–Trinajstić information content (AvgIpc) is 2.38. The van der Waals surface area contributed by atoms with Crippen molar-refractivity contribution in [2.24, 2.45) is 5.92 Å². The fraction of sp³-hybridized carbons (Fsp3) is 0.467. The van der Waals surface area contributed by atoms with Gasteiger partial charge in [0.2, 0.25) is 0 Å². The second kappa shape index (κ2) is 6.92. The highest BCUT2D eigenvalue weighted by Gasteiger charge is 2.22. The summed E-state index contributed by atoms with van der Waals surface area (Å²) in [6, 6.07) is 7.74. The van der Waals surface area contributed by atoms with Crippen LogP contribution in [0.2, 0.25) is 0 Å². The van der Waals surface area contributed by atoms with Gasteiger partial charge in [-0.3, -0.25) is 9.59 Å². The second-order valence-electron chi connectivity index (χ2n) is 4.54. The third-order valence-corrected chi connectivity index (χ3v) is 3.29. The van der Waals surface area contributed by atoms with Crippen LogP contribution in [0.15, 0.2) is 24.3 Å². The number of carboxylic acids is 1. The van der Waals surface area contributed by atoms with Crippen LogP contribution in [0, 0.1) is 5.92 Å². The summed E-state index contributed by atoms with van der Waals surface area (Å²) in [4.78, 5) is 24.5. The van der Waals surface area contributed by atoms with Gasteiger partial charge in [0.15, 0.2) is 0 Å². The molecule has 4 heteroatoms. The summed E-state index contributed by atoms with van der Waals surface area (Å²) in [6.45, 7) is 7.37. The molecule has 0 aliphatic heterocycles. The van der Waals surface area contributed by atoms with E-state index in [0.29, 0.717) is 0 Å². The summed E-state index contributed by atoms with van der Waals surface area (Å²) in [7, 11) is 0. The number of aliphatic carboxylic acids is 1. The lowest BCUT2D eigenvalue weighted by molar-refractivity contribution is -0.145. The normalized spacial score (nSPS) is 11.9. The molecule has 1 aromatic carbocycles. The van der Waals surface area contributed by atoms with Gasteiger partial charge in [0.05, 0.1) is 0 Å². The molecule has 0 saturated heterocycles. The average molecular weight is 263 g/mol. The number of carbonyl (C=O) groups excluding carboxylic acids is 1. The number of Topliss-reactive ketones (excluding diaryl/α,β-unsaturated/α-hetero) is 1. The summed E-state index contributed by atoms with van der Waals surface area (Å²) >= 11 is 0. The Morgan fingerprint density at radius 1 is 1.16 bits per heavy atom. The maximum atomic E-state index is 11.3. The molecule has 1 atom stereocenters. The Hall–Kier alpha value is -1.84. The predicted molar refractivity (Wildman–Crippen MR) is 75.5 cm³/mol. The van der Waals surface area contributed by atoms with Crippen molar-refractivity contribution in [2.45, 2.75) is 27.2 Å². The monoisotopic (exact) mass is 263 g/mol. The topological polar surface area (TPSA) is 57.6 Å². The Labute approximate surface area is 114 Å². The van der Waals surface area contributed by atoms with Crippen LogP contribution in [-0.2, 0) is 16.0 Å². The van der Waals surface area contributed by atoms with Gasteiger partial charge < -0.3 is 10.0 Å². The fourth-order valence-electron chi connectivity index (χ4n) is 2.07. The van der Waals surface area contributed by atoms with Crippen LogP contribution in [0.25, 0.3) is 0 Å². The van der Waals surface area contributed by atoms with Gasteiger partial charge in [-0.1, -0.05) is 12.1 Å². The fourth-order valence-corrected chi connectivity index (χ4v) is 2.07. The number of benzene rings is 1. The van der Waals surface area contributed by atoms with Crippen LogP contribution in [0.4, 0.5) is 5.69 Å². The molecule has 1 rings (SSSR count). The van der Waals surface area contributed by atoms with E-state index in [1.807, 2.05) is 24.3 Å². The molecule has 19 heavy (non-hydrogen) atoms. The highest BCUT2D eigenvalue weighted by Crippen LogP contribution is 2.17. The summed E-state index contributed by atoms with van der Waals surface area (Å²) in [5, 5.41) is 8.99. The van der Waals surface area contributed by atoms with E-state index >= 15 is 0 Å². The number of nitrogens with zero attached hydrogens (tertiary/aromatic N) is 1. The SMILES string of the molecule is CCN(CC)c1ccc(CC(C(C)=O)C(=O)O)cc1. The highest BCUT2D eigenvalue weighted by molar-refractivity contribution is 5.97. The first kappa shape index (κ1) is 15.2. The Balaban J connectivity index is 2.81. The molecular weight excluding hydrogens is 242 g/mol. The lowest BCUT2D eigenvalue weighted by Crippen LogP contribution is -2.24. The van der Waals surface area contributed by atoms with Crippen LogP contribution in [-0.4, -0.2) is 29.9 Å². The molecule has 0 aliphatic carbocycles. The molecule has 1 N–H and O–H groups in total. The van der Waals surface area contributed by atoms with Crippen LogP contribution in [0.1, 0.15) is 26.3 Å². The second-order valence-corrected chi connectivity index (χ2v) is 4.54. The zero-order valence-corrected chi connectivity index (χ0v) is 11.7. The number of carboxylic acid groups (broad SMARTS) is 1. The van der Waals surface area contributed by atoms with Crippen molar-refractivity contribution in [1.29, 1.82) is 0 Å². The van der Waals surface area contributed by atoms with E-state index in [0.717, 1.165) is 24.3 Å². The lowest BCUT2D eigenvalue weighted by atomic mass is 9.96. The van der Waals surface area contributed by atoms with E-state index in [1.54, 1.807) is 0 Å². The molecule has 0 spiro atoms. The standard InChI is InChI=1S/C15H21NO3/c1-4-16(5-2)13-8-6-12(7-9-13)10-14(11(3)17)15(18)19/h6-9,14H,4-5,10H2,1-3H3,(H,18,19). The summed E-state index contributed by atoms with van der Waals surface area (Å²) in [5.74, 6) is -2.31. The van der Waals surface area contributed by atoms with Gasteiger partial charge in [-0.05, 0) is 44.9 Å². The molecule has 1 unspecified atom stereocenters. The summed E-state index contributed by atoms with van der Waals surface area (Å²) in [5.41, 5.74) is 1.99. The minimum atomic E-state index is -1.06. The number of anilines is 1. The van der Waals surface area contributed by atoms with Crippen molar-refractivity contribution in [3.8, 4) is 0 Å². The molecule has 4 nitrogen and oxygen atoms in total. The Morgan fingerprint density at radius 2 is 1.68 bits per heavy atom. The summed E-state index contributed by atoms with van der Waals surface area (Å²) in [6.07, 6.45) is 0.253. The predicted octanol–water partition coefficient (Wildman–Crippen LogP) is 2.37. The zero-order valence-electron chi connectivity index (χ0n) is 11.7. The molecule has 0 saturated carbocycles. The van der Waals surface area contributed by atoms with E-state index in [1.165, 1.54) is 6.92 Å². The van der Waals surface area contributed by atoms with Gasteiger partial charge >= 0.3 is 5.97 Å². The molecule has 0 aliphatic rings. The number of hydrogen-bond acceptors (Lipinski definition) is 3. The highest BCUT2D eigenvalue weighted by atomic mass is 16.4. The van der Waals surface area contributed by atoms with E-state index < -0.39 is 11.9 Å². The third kappa shape index (κ3) is 4.09. The van der Waals surface area contributed by atoms with Crippen LogP contribution in [0.3, 0.4) is 0 Å². The maximum Gasteiger partial charge on any atom is 0.314 e. The van der Waals surface area contributed by atoms with Gasteiger partial charge in [0.1, 0.15) is 11.7 Å². The van der Waals surface area contributed by atoms with Gasteiger partial charge in [-0.25, -0.2) is 0 Å². The molecular formula is C15H21NO3. The molecule has 1 aromatic rings. The van der Waals surface area contributed by atoms with Crippen LogP contribution in [0.5, 0.6) is 0 Å². The van der Waals surface area contributed by atoms with E-state index in [-0.39, 0.29) is 12.2 Å². The maximum absolute atomic E-state index is 11.3. The van der Waals surface area contributed by atoms with Crippen molar-refractivity contribution < 1.29 is 14.7 Å². The van der Waals surface area contributed by atoms with Crippen molar-refractivity contribution >= 4 is 17.4 Å². The molecule has 0 amide bonds. The van der Waals surface area contributed by atoms with Crippen molar-refractivity contribution in [1.82, 2.24) is 0 Å². The van der Waals surface area contributed by atoms with E-state index in [2.05, 4.69) is 18.7 Å². The van der Waals surface area contributed by atoms with E-state index in [4.69, 9.17) is 5.11 Å². The van der Waals surface area contributed by atoms with Crippen LogP contribution < -0.4 is 4.90 Å². The van der Waals surface area contributed by atoms with Gasteiger partial charge in [0.25, 0.3) is 0 Å². The number of carbonyl (C=O) groups is 2. The third-order valence-electron chi connectivity index (χ3n) is 3.29. The minimum absolute atomic E-state index is 0.253. The first-order chi connectivity index (χ1) is 8.99. The minimum Gasteiger partial charge on any atom is -0.481 e. The number of hydrogen-bond donors (Lipinski definition) is 1. The Bertz CT molecular complexity index is 421. The largest absolute Gasteiger partial charge is 0.481 e. The molecule has 0 aromatic heterocycles. The lowest BCUT2D eigenvalue weighted by Gasteiger charge is -2.21. The van der Waals surface area contributed by atoms with Crippen molar-refractivity contribution in [3.05, 3.63) is 29.8 Å². The smallest absolute Gasteiger partial charge is 0.314 e. The molecule has 104 valence electrons. The summed E-state index contributed by atoms with van der Waals surface area (Å²) < 4.78 is 0. The molecule has 0 fully saturated rings. The molecule has 0 radical (unpaired) electrons. The number of rotatable bonds is 7. The first-order valence-corrected chi connectivity index (χ1v) is 6.56. The zero-order chi connectivity index (χ0) is 14.4.